The number of amides is 3. The number of nitrogens with zero attached hydrogens (tertiary/aromatic N) is 1. The van der Waals surface area contributed by atoms with Crippen molar-refractivity contribution in [3.63, 3.8) is 0 Å². The molecule has 2 aromatic rings. The van der Waals surface area contributed by atoms with Crippen molar-refractivity contribution in [2.75, 3.05) is 28.5 Å². The number of benzene rings is 2. The highest BCUT2D eigenvalue weighted by molar-refractivity contribution is 7.86. The number of rotatable bonds is 9. The standard InChI is InChI=1S/C28H35N3O6S/c1-18-9-11-23(19(2)13-18)31(20(3)28(34)30-21-7-5-4-6-8-21)27(33)16-38(35)15-26(32)29-22-10-12-24-25(14-22)37-17-36-24/h9-14,20-21H,4-8,15-17H2,1-3H3,(H,29,32)(H,30,34)/t20-,38+/m0/s1. The quantitative estimate of drug-likeness (QED) is 0.502. The fourth-order valence-corrected chi connectivity index (χ4v) is 5.78. The van der Waals surface area contributed by atoms with E-state index in [1.54, 1.807) is 25.1 Å². The maximum absolute atomic E-state index is 13.5. The minimum atomic E-state index is -1.79. The Morgan fingerprint density at radius 3 is 2.47 bits per heavy atom. The molecule has 2 atom stereocenters. The molecule has 1 fully saturated rings. The van der Waals surface area contributed by atoms with Crippen molar-refractivity contribution in [2.24, 2.45) is 0 Å². The molecule has 38 heavy (non-hydrogen) atoms. The van der Waals surface area contributed by atoms with E-state index in [2.05, 4.69) is 10.6 Å². The Balaban J connectivity index is 1.43. The van der Waals surface area contributed by atoms with E-state index in [1.165, 1.54) is 11.3 Å². The van der Waals surface area contributed by atoms with Crippen molar-refractivity contribution in [3.05, 3.63) is 47.5 Å². The molecule has 2 aromatic carbocycles. The third-order valence-electron chi connectivity index (χ3n) is 6.83. The summed E-state index contributed by atoms with van der Waals surface area (Å²) in [4.78, 5) is 40.6. The highest BCUT2D eigenvalue weighted by atomic mass is 32.2. The maximum atomic E-state index is 13.5. The predicted molar refractivity (Wildman–Crippen MR) is 147 cm³/mol. The van der Waals surface area contributed by atoms with Crippen LogP contribution in [0.3, 0.4) is 0 Å². The molecular weight excluding hydrogens is 506 g/mol. The number of carbonyl (C=O) groups is 3. The molecule has 4 rings (SSSR count). The van der Waals surface area contributed by atoms with Crippen LogP contribution in [0.5, 0.6) is 11.5 Å². The molecule has 0 spiro atoms. The van der Waals surface area contributed by atoms with Gasteiger partial charge in [0.2, 0.25) is 24.5 Å². The zero-order chi connectivity index (χ0) is 27.2. The predicted octanol–water partition coefficient (Wildman–Crippen LogP) is 3.59. The number of ether oxygens (including phenoxy) is 2. The van der Waals surface area contributed by atoms with E-state index in [-0.39, 0.29) is 30.2 Å². The molecule has 9 nitrogen and oxygen atoms in total. The van der Waals surface area contributed by atoms with Crippen LogP contribution in [-0.2, 0) is 25.2 Å². The van der Waals surface area contributed by atoms with Gasteiger partial charge < -0.3 is 20.1 Å². The second kappa shape index (κ2) is 12.4. The van der Waals surface area contributed by atoms with E-state index >= 15 is 0 Å². The van der Waals surface area contributed by atoms with Gasteiger partial charge in [0.15, 0.2) is 11.5 Å². The number of aryl methyl sites for hydroxylation is 2. The van der Waals surface area contributed by atoms with E-state index in [0.717, 1.165) is 36.8 Å². The normalized spacial score (nSPS) is 16.4. The summed E-state index contributed by atoms with van der Waals surface area (Å²) in [6, 6.07) is 9.90. The van der Waals surface area contributed by atoms with E-state index in [9.17, 15) is 18.6 Å². The maximum Gasteiger partial charge on any atom is 0.243 e. The van der Waals surface area contributed by atoms with Crippen LogP contribution >= 0.6 is 0 Å². The Hall–Kier alpha value is -3.40. The average Bonchev–Trinajstić information content (AvgIpc) is 3.33. The van der Waals surface area contributed by atoms with Crippen LogP contribution in [0.2, 0.25) is 0 Å². The van der Waals surface area contributed by atoms with E-state index < -0.39 is 28.7 Å². The summed E-state index contributed by atoms with van der Waals surface area (Å²) in [7, 11) is -1.79. The zero-order valence-corrected chi connectivity index (χ0v) is 22.9. The molecule has 0 unspecified atom stereocenters. The van der Waals surface area contributed by atoms with Gasteiger partial charge in [-0.25, -0.2) is 0 Å². The third kappa shape index (κ3) is 6.92. The first-order chi connectivity index (χ1) is 18.2. The summed E-state index contributed by atoms with van der Waals surface area (Å²) in [5.41, 5.74) is 2.94. The largest absolute Gasteiger partial charge is 0.454 e. The molecule has 1 aliphatic heterocycles. The van der Waals surface area contributed by atoms with Crippen molar-refractivity contribution >= 4 is 39.9 Å². The summed E-state index contributed by atoms with van der Waals surface area (Å²) in [6.07, 6.45) is 5.18. The summed E-state index contributed by atoms with van der Waals surface area (Å²) in [5, 5.41) is 5.78. The molecule has 1 aliphatic carbocycles. The van der Waals surface area contributed by atoms with Crippen molar-refractivity contribution in [1.29, 1.82) is 0 Å². The van der Waals surface area contributed by atoms with Gasteiger partial charge in [-0.1, -0.05) is 37.0 Å². The number of nitrogens with one attached hydrogen (secondary N) is 2. The van der Waals surface area contributed by atoms with Crippen molar-refractivity contribution < 1.29 is 28.1 Å². The lowest BCUT2D eigenvalue weighted by atomic mass is 9.95. The first-order valence-electron chi connectivity index (χ1n) is 13.0. The van der Waals surface area contributed by atoms with Crippen LogP contribution in [0.15, 0.2) is 36.4 Å². The van der Waals surface area contributed by atoms with Gasteiger partial charge in [0.25, 0.3) is 0 Å². The second-order valence-electron chi connectivity index (χ2n) is 9.92. The summed E-state index contributed by atoms with van der Waals surface area (Å²) in [6.45, 7) is 5.64. The highest BCUT2D eigenvalue weighted by Gasteiger charge is 2.31. The molecule has 0 radical (unpaired) electrons. The highest BCUT2D eigenvalue weighted by Crippen LogP contribution is 2.34. The Morgan fingerprint density at radius 2 is 1.74 bits per heavy atom. The fourth-order valence-electron chi connectivity index (χ4n) is 4.90. The van der Waals surface area contributed by atoms with Crippen LogP contribution < -0.4 is 25.0 Å². The van der Waals surface area contributed by atoms with Gasteiger partial charge in [0, 0.05) is 34.3 Å². The summed E-state index contributed by atoms with van der Waals surface area (Å²) < 4.78 is 23.5. The van der Waals surface area contributed by atoms with Crippen molar-refractivity contribution in [2.45, 2.75) is 65.0 Å². The van der Waals surface area contributed by atoms with E-state index in [4.69, 9.17) is 9.47 Å². The van der Waals surface area contributed by atoms with Gasteiger partial charge in [-0.15, -0.1) is 0 Å². The smallest absolute Gasteiger partial charge is 0.243 e. The topological polar surface area (TPSA) is 114 Å². The van der Waals surface area contributed by atoms with Gasteiger partial charge in [-0.05, 0) is 57.4 Å². The molecule has 3 amide bonds. The van der Waals surface area contributed by atoms with Crippen LogP contribution in [-0.4, -0.2) is 52.3 Å². The lowest BCUT2D eigenvalue weighted by Crippen LogP contribution is -2.52. The molecule has 204 valence electrons. The molecule has 2 N–H and O–H groups in total. The zero-order valence-electron chi connectivity index (χ0n) is 22.1. The molecule has 1 saturated carbocycles. The Bertz CT molecular complexity index is 1230. The number of hydrogen-bond donors (Lipinski definition) is 2. The average molecular weight is 542 g/mol. The number of hydrogen-bond acceptors (Lipinski definition) is 6. The van der Waals surface area contributed by atoms with E-state index in [1.807, 2.05) is 32.0 Å². The number of carbonyl (C=O) groups excluding carboxylic acids is 3. The van der Waals surface area contributed by atoms with Gasteiger partial charge in [0.1, 0.15) is 17.5 Å². The Kier molecular flexibility index (Phi) is 9.04. The van der Waals surface area contributed by atoms with E-state index in [0.29, 0.717) is 22.9 Å². The van der Waals surface area contributed by atoms with Gasteiger partial charge in [0.05, 0.1) is 0 Å². The second-order valence-corrected chi connectivity index (χ2v) is 11.4. The first-order valence-corrected chi connectivity index (χ1v) is 14.4. The molecule has 2 aliphatic rings. The lowest BCUT2D eigenvalue weighted by Gasteiger charge is -2.32. The Morgan fingerprint density at radius 1 is 1.00 bits per heavy atom. The third-order valence-corrected chi connectivity index (χ3v) is 7.98. The molecule has 0 aromatic heterocycles. The van der Waals surface area contributed by atoms with Crippen LogP contribution in [0, 0.1) is 13.8 Å². The molecule has 0 saturated heterocycles. The monoisotopic (exact) mass is 541 g/mol. The minimum absolute atomic E-state index is 0.101. The van der Waals surface area contributed by atoms with Gasteiger partial charge in [-0.2, -0.15) is 0 Å². The van der Waals surface area contributed by atoms with Crippen LogP contribution in [0.25, 0.3) is 0 Å². The van der Waals surface area contributed by atoms with Gasteiger partial charge >= 0.3 is 0 Å². The first kappa shape index (κ1) is 27.6. The lowest BCUT2D eigenvalue weighted by molar-refractivity contribution is -0.126. The fraction of sp³-hybridized carbons (Fsp3) is 0.464. The Labute approximate surface area is 225 Å². The molecule has 1 heterocycles. The summed E-state index contributed by atoms with van der Waals surface area (Å²) in [5.74, 6) is -0.842. The van der Waals surface area contributed by atoms with Crippen LogP contribution in [0.4, 0.5) is 11.4 Å². The minimum Gasteiger partial charge on any atom is -0.454 e. The van der Waals surface area contributed by atoms with Crippen molar-refractivity contribution in [3.8, 4) is 11.5 Å². The molecular formula is C28H35N3O6S. The van der Waals surface area contributed by atoms with Crippen LogP contribution in [0.1, 0.15) is 50.2 Å². The molecule has 0 bridgehead atoms. The van der Waals surface area contributed by atoms with Gasteiger partial charge in [-0.3, -0.25) is 23.5 Å². The molecule has 10 heteroatoms. The van der Waals surface area contributed by atoms with Crippen molar-refractivity contribution in [1.82, 2.24) is 5.32 Å². The summed E-state index contributed by atoms with van der Waals surface area (Å²) >= 11 is 0. The SMILES string of the molecule is Cc1ccc(N(C(=O)C[S@](=O)CC(=O)Nc2ccc3c(c2)OCO3)[C@@H](C)C(=O)NC2CCCCC2)c(C)c1. The number of anilines is 2. The number of fused-ring (bicyclic) bond motifs is 1.